The van der Waals surface area contributed by atoms with E-state index < -0.39 is 84.1 Å². The normalized spacial score (nSPS) is 21.6. The highest BCUT2D eigenvalue weighted by atomic mass is 16.7. The van der Waals surface area contributed by atoms with E-state index in [4.69, 9.17) is 37.2 Å². The Labute approximate surface area is 555 Å². The van der Waals surface area contributed by atoms with E-state index in [1.165, 1.54) is 33.0 Å². The molecule has 0 bridgehead atoms. The molecule has 94 heavy (non-hydrogen) atoms. The zero-order valence-electron chi connectivity index (χ0n) is 57.1. The van der Waals surface area contributed by atoms with Gasteiger partial charge in [-0.05, 0) is 267 Å². The smallest absolute Gasteiger partial charge is 0.399 e. The van der Waals surface area contributed by atoms with Crippen molar-refractivity contribution in [2.45, 2.75) is 166 Å². The summed E-state index contributed by atoms with van der Waals surface area (Å²) in [5.41, 5.74) is 15.9. The molecule has 0 spiro atoms. The highest BCUT2D eigenvalue weighted by Gasteiger charge is 2.59. The van der Waals surface area contributed by atoms with E-state index in [2.05, 4.69) is 305 Å². The lowest BCUT2D eigenvalue weighted by molar-refractivity contribution is 0.00578. The molecular formula is C82H80B4O8. The van der Waals surface area contributed by atoms with Gasteiger partial charge >= 0.3 is 28.5 Å². The fourth-order valence-corrected chi connectivity index (χ4v) is 16.4. The van der Waals surface area contributed by atoms with Gasteiger partial charge in [-0.3, -0.25) is 0 Å². The van der Waals surface area contributed by atoms with E-state index in [0.717, 1.165) is 99.4 Å². The monoisotopic (exact) mass is 1240 g/mol. The Morgan fingerprint density at radius 3 is 0.574 bits per heavy atom. The third-order valence-corrected chi connectivity index (χ3v) is 24.2. The molecule has 7 aliphatic rings. The molecule has 3 aliphatic carbocycles. The molecule has 10 aromatic carbocycles. The summed E-state index contributed by atoms with van der Waals surface area (Å²) in [6, 6.07) is 74.0. The van der Waals surface area contributed by atoms with Crippen molar-refractivity contribution in [2.75, 3.05) is 0 Å². The first-order chi connectivity index (χ1) is 44.5. The summed E-state index contributed by atoms with van der Waals surface area (Å²) in [6.45, 7) is 34.1. The summed E-state index contributed by atoms with van der Waals surface area (Å²) in [4.78, 5) is 0. The van der Waals surface area contributed by atoms with Crippen molar-refractivity contribution in [3.8, 4) is 44.5 Å². The Morgan fingerprint density at radius 2 is 0.394 bits per heavy atom. The van der Waals surface area contributed by atoms with Crippen molar-refractivity contribution < 1.29 is 37.2 Å². The van der Waals surface area contributed by atoms with Crippen LogP contribution in [-0.2, 0) is 48.1 Å². The third kappa shape index (κ3) is 8.21. The van der Waals surface area contributed by atoms with E-state index in [1.54, 1.807) is 0 Å². The molecule has 468 valence electrons. The Balaban J connectivity index is 1.02. The second kappa shape index (κ2) is 19.7. The number of hydrogen-bond acceptors (Lipinski definition) is 8. The summed E-state index contributed by atoms with van der Waals surface area (Å²) in [5, 5.41) is 4.48. The number of fused-ring (bicyclic) bond motifs is 8. The second-order valence-corrected chi connectivity index (χ2v) is 31.7. The molecule has 17 rings (SSSR count). The first kappa shape index (κ1) is 60.3. The van der Waals surface area contributed by atoms with Crippen LogP contribution in [-0.4, -0.2) is 73.3 Å². The van der Waals surface area contributed by atoms with Crippen molar-refractivity contribution in [1.29, 1.82) is 0 Å². The molecule has 4 saturated heterocycles. The van der Waals surface area contributed by atoms with Gasteiger partial charge < -0.3 is 37.2 Å². The van der Waals surface area contributed by atoms with Crippen molar-refractivity contribution in [3.05, 3.63) is 239 Å². The van der Waals surface area contributed by atoms with Gasteiger partial charge in [-0.1, -0.05) is 170 Å². The van der Waals surface area contributed by atoms with Gasteiger partial charge in [0.15, 0.2) is 0 Å². The van der Waals surface area contributed by atoms with Crippen LogP contribution >= 0.6 is 0 Å². The van der Waals surface area contributed by atoms with Crippen LogP contribution in [0.25, 0.3) is 66.1 Å². The molecule has 4 fully saturated rings. The summed E-state index contributed by atoms with van der Waals surface area (Å²) in [6.07, 6.45) is 0. The van der Waals surface area contributed by atoms with Gasteiger partial charge in [-0.15, -0.1) is 0 Å². The minimum Gasteiger partial charge on any atom is -0.399 e. The van der Waals surface area contributed by atoms with Crippen LogP contribution in [0, 0.1) is 0 Å². The molecule has 4 heterocycles. The topological polar surface area (TPSA) is 73.8 Å². The second-order valence-electron chi connectivity index (χ2n) is 31.7. The summed E-state index contributed by atoms with van der Waals surface area (Å²) in [7, 11) is -2.47. The third-order valence-electron chi connectivity index (χ3n) is 24.2. The predicted octanol–water partition coefficient (Wildman–Crippen LogP) is 15.6. The van der Waals surface area contributed by atoms with Crippen molar-refractivity contribution >= 4 is 71.9 Å². The zero-order chi connectivity index (χ0) is 65.5. The average molecular weight is 1240 g/mol. The Hall–Kier alpha value is -7.34. The standard InChI is InChI=1S/C82H80B4O8/c1-73(2)74(3,4)88-83(87-73)55-37-49-38-56(84-89-75(5,6)76(7,8)90-84)42-64-60-46-68-67(45-59(60)63(41-55)71(49)64)81(51-29-21-17-22-30-51,52-31-23-18-24-32-52)69-47-61-62(48-70(69)82(68,53-33-25-19-26-34-53)54-35-27-20-28-36-54)66-44-58(86-93-79(13,14)80(15,16)94-86)40-50-39-57(43-65(61)72(50)66)85-91-77(9,10)78(11,12)92-85/h17-48H,1-16H3. The van der Waals surface area contributed by atoms with Crippen LogP contribution in [0.5, 0.6) is 0 Å². The van der Waals surface area contributed by atoms with Gasteiger partial charge in [0.2, 0.25) is 0 Å². The summed E-state index contributed by atoms with van der Waals surface area (Å²) < 4.78 is 55.8. The number of hydrogen-bond donors (Lipinski definition) is 0. The van der Waals surface area contributed by atoms with Crippen molar-refractivity contribution in [1.82, 2.24) is 0 Å². The molecule has 10 aromatic rings. The van der Waals surface area contributed by atoms with Crippen LogP contribution in [0.1, 0.15) is 155 Å². The highest BCUT2D eigenvalue weighted by Crippen LogP contribution is 2.65. The molecule has 0 aromatic heterocycles. The summed E-state index contributed by atoms with van der Waals surface area (Å²) in [5.74, 6) is 0. The molecule has 0 unspecified atom stereocenters. The first-order valence-electron chi connectivity index (χ1n) is 33.7. The van der Waals surface area contributed by atoms with Gasteiger partial charge in [-0.25, -0.2) is 0 Å². The van der Waals surface area contributed by atoms with Gasteiger partial charge in [0, 0.05) is 0 Å². The van der Waals surface area contributed by atoms with Crippen LogP contribution in [0.3, 0.4) is 0 Å². The zero-order valence-corrected chi connectivity index (χ0v) is 57.1. The molecule has 4 aliphatic heterocycles. The van der Waals surface area contributed by atoms with E-state index in [1.807, 2.05) is 0 Å². The molecular weight excluding hydrogens is 1160 g/mol. The van der Waals surface area contributed by atoms with Crippen molar-refractivity contribution in [3.63, 3.8) is 0 Å². The van der Waals surface area contributed by atoms with E-state index in [9.17, 15) is 0 Å². The lowest BCUT2D eigenvalue weighted by Crippen LogP contribution is -2.45. The lowest BCUT2D eigenvalue weighted by atomic mass is 9.50. The fraction of sp³-hybridized carbons (Fsp3) is 0.317. The maximum Gasteiger partial charge on any atom is 0.494 e. The minimum absolute atomic E-state index is 0.563. The molecule has 0 N–H and O–H groups in total. The number of benzene rings is 10. The van der Waals surface area contributed by atoms with Crippen LogP contribution in [0.2, 0.25) is 0 Å². The van der Waals surface area contributed by atoms with Crippen molar-refractivity contribution in [2.24, 2.45) is 0 Å². The Kier molecular flexibility index (Phi) is 12.6. The van der Waals surface area contributed by atoms with E-state index in [-0.39, 0.29) is 0 Å². The molecule has 0 radical (unpaired) electrons. The maximum absolute atomic E-state index is 6.98. The van der Waals surface area contributed by atoms with Crippen LogP contribution in [0.15, 0.2) is 194 Å². The molecule has 12 heteroatoms. The van der Waals surface area contributed by atoms with Gasteiger partial charge in [0.05, 0.1) is 55.6 Å². The maximum atomic E-state index is 6.98. The largest absolute Gasteiger partial charge is 0.494 e. The molecule has 0 saturated carbocycles. The summed E-state index contributed by atoms with van der Waals surface area (Å²) >= 11 is 0. The first-order valence-corrected chi connectivity index (χ1v) is 33.7. The molecule has 8 nitrogen and oxygen atoms in total. The Morgan fingerprint density at radius 1 is 0.213 bits per heavy atom. The lowest BCUT2D eigenvalue weighted by Gasteiger charge is -2.51. The predicted molar refractivity (Wildman–Crippen MR) is 383 cm³/mol. The minimum atomic E-state index is -0.930. The van der Waals surface area contributed by atoms with Gasteiger partial charge in [0.25, 0.3) is 0 Å². The van der Waals surface area contributed by atoms with Gasteiger partial charge in [0.1, 0.15) is 0 Å². The highest BCUT2D eigenvalue weighted by molar-refractivity contribution is 6.65. The van der Waals surface area contributed by atoms with Crippen LogP contribution < -0.4 is 21.9 Å². The van der Waals surface area contributed by atoms with E-state index in [0.29, 0.717) is 0 Å². The number of rotatable bonds is 8. The van der Waals surface area contributed by atoms with Gasteiger partial charge in [-0.2, -0.15) is 0 Å². The molecule has 0 amide bonds. The molecule has 0 atom stereocenters. The fourth-order valence-electron chi connectivity index (χ4n) is 16.4. The SMILES string of the molecule is CC1(C)OB(c2cc3c4c(cc(B5OC(C)(C)C(C)(C)O5)cc4c2)-c2cc4c(cc2-3)C(c2ccccc2)(c2ccccc2)c2cc3c(cc2C4(c2ccccc2)c2ccccc2)-c2cc(B4OC(C)(C)C(C)(C)O4)cc4cc(B5OC(C)(C)C(C)(C)O5)cc-3c24)OC1(C)C. The van der Waals surface area contributed by atoms with Crippen LogP contribution in [0.4, 0.5) is 0 Å². The van der Waals surface area contributed by atoms with E-state index >= 15 is 0 Å². The average Bonchev–Trinajstić information content (AvgIpc) is 1.03. The quantitative estimate of drug-likeness (QED) is 0.139. The Bertz CT molecular complexity index is 4180.